The molecule has 0 saturated heterocycles. The summed E-state index contributed by atoms with van der Waals surface area (Å²) in [4.78, 5) is 10.7. The Labute approximate surface area is 83.2 Å². The van der Waals surface area contributed by atoms with Crippen LogP contribution in [0.4, 0.5) is 0 Å². The number of aromatic nitrogens is 1. The van der Waals surface area contributed by atoms with Crippen molar-refractivity contribution in [1.82, 2.24) is 0 Å². The molecule has 0 aromatic carbocycles. The number of nitrogens with zero attached hydrogens (tertiary/aromatic N) is 1. The lowest BCUT2D eigenvalue weighted by Crippen LogP contribution is -2.37. The van der Waals surface area contributed by atoms with Crippen LogP contribution in [-0.4, -0.2) is 11.1 Å². The van der Waals surface area contributed by atoms with Gasteiger partial charge in [-0.3, -0.25) is 0 Å². The fourth-order valence-electron chi connectivity index (χ4n) is 1.36. The standard InChI is InChI=1S/C10H15NO3/c1-2-3-4-5-6-11-7-8-14-9(11)10(12)13/h7-8H,2-6H2,1H3/p+1. The van der Waals surface area contributed by atoms with Crippen LogP contribution < -0.4 is 4.57 Å². The minimum absolute atomic E-state index is 0.0153. The van der Waals surface area contributed by atoms with E-state index in [-0.39, 0.29) is 5.89 Å². The zero-order valence-corrected chi connectivity index (χ0v) is 8.40. The molecule has 1 heterocycles. The molecule has 78 valence electrons. The zero-order chi connectivity index (χ0) is 10.4. The fraction of sp³-hybridized carbons (Fsp3) is 0.600. The molecule has 0 aliphatic rings. The average Bonchev–Trinajstić information content (AvgIpc) is 2.60. The summed E-state index contributed by atoms with van der Waals surface area (Å²) in [7, 11) is 0. The summed E-state index contributed by atoms with van der Waals surface area (Å²) in [5.74, 6) is -0.994. The van der Waals surface area contributed by atoms with E-state index >= 15 is 0 Å². The molecule has 1 N–H and O–H groups in total. The Hall–Kier alpha value is -1.32. The van der Waals surface area contributed by atoms with E-state index in [0.29, 0.717) is 0 Å². The Bertz CT molecular complexity index is 293. The summed E-state index contributed by atoms with van der Waals surface area (Å²) in [6.07, 6.45) is 7.58. The first kappa shape index (κ1) is 10.8. The molecule has 0 radical (unpaired) electrons. The maximum atomic E-state index is 10.7. The second-order valence-electron chi connectivity index (χ2n) is 3.27. The SMILES string of the molecule is CCCCCC[n+]1ccoc1C(=O)O. The van der Waals surface area contributed by atoms with E-state index in [0.717, 1.165) is 19.4 Å². The average molecular weight is 198 g/mol. The Morgan fingerprint density at radius 2 is 2.29 bits per heavy atom. The molecule has 1 aromatic heterocycles. The minimum atomic E-state index is -1.01. The Morgan fingerprint density at radius 1 is 1.50 bits per heavy atom. The van der Waals surface area contributed by atoms with E-state index in [9.17, 15) is 4.79 Å². The van der Waals surface area contributed by atoms with E-state index in [2.05, 4.69) is 6.92 Å². The molecule has 0 unspecified atom stereocenters. The van der Waals surface area contributed by atoms with Crippen molar-refractivity contribution in [3.8, 4) is 0 Å². The van der Waals surface area contributed by atoms with Crippen molar-refractivity contribution in [2.45, 2.75) is 39.2 Å². The molecule has 0 aliphatic heterocycles. The van der Waals surface area contributed by atoms with Gasteiger partial charge in [-0.15, -0.1) is 0 Å². The highest BCUT2D eigenvalue weighted by Crippen LogP contribution is 2.00. The summed E-state index contributed by atoms with van der Waals surface area (Å²) >= 11 is 0. The van der Waals surface area contributed by atoms with Gasteiger partial charge >= 0.3 is 11.9 Å². The van der Waals surface area contributed by atoms with Crippen molar-refractivity contribution in [3.63, 3.8) is 0 Å². The van der Waals surface area contributed by atoms with Gasteiger partial charge < -0.3 is 9.52 Å². The first-order chi connectivity index (χ1) is 6.75. The van der Waals surface area contributed by atoms with Crippen LogP contribution in [0.3, 0.4) is 0 Å². The van der Waals surface area contributed by atoms with Crippen LogP contribution in [0.25, 0.3) is 0 Å². The number of aryl methyl sites for hydroxylation is 1. The monoisotopic (exact) mass is 198 g/mol. The van der Waals surface area contributed by atoms with Crippen LogP contribution in [0, 0.1) is 0 Å². The van der Waals surface area contributed by atoms with E-state index in [1.807, 2.05) is 0 Å². The van der Waals surface area contributed by atoms with E-state index in [4.69, 9.17) is 9.52 Å². The number of hydrogen-bond acceptors (Lipinski definition) is 2. The highest BCUT2D eigenvalue weighted by atomic mass is 16.4. The molecule has 0 amide bonds. The third-order valence-corrected chi connectivity index (χ3v) is 2.12. The molecule has 0 fully saturated rings. The summed E-state index contributed by atoms with van der Waals surface area (Å²) in [5, 5.41) is 8.74. The Morgan fingerprint density at radius 3 is 2.93 bits per heavy atom. The lowest BCUT2D eigenvalue weighted by atomic mass is 10.2. The van der Waals surface area contributed by atoms with Crippen LogP contribution in [0.1, 0.15) is 43.3 Å². The quantitative estimate of drug-likeness (QED) is 0.560. The first-order valence-corrected chi connectivity index (χ1v) is 4.96. The summed E-state index contributed by atoms with van der Waals surface area (Å²) in [5.41, 5.74) is 0. The second-order valence-corrected chi connectivity index (χ2v) is 3.27. The molecule has 0 saturated carbocycles. The topological polar surface area (TPSA) is 54.3 Å². The highest BCUT2D eigenvalue weighted by Gasteiger charge is 2.22. The first-order valence-electron chi connectivity index (χ1n) is 4.96. The van der Waals surface area contributed by atoms with Crippen molar-refractivity contribution in [3.05, 3.63) is 18.4 Å². The molecular weight excluding hydrogens is 182 g/mol. The summed E-state index contributed by atoms with van der Waals surface area (Å²) < 4.78 is 6.48. The number of oxazole rings is 1. The van der Waals surface area contributed by atoms with E-state index in [1.165, 1.54) is 19.1 Å². The number of aromatic carboxylic acids is 1. The van der Waals surface area contributed by atoms with Crippen LogP contribution >= 0.6 is 0 Å². The number of carboxylic acids is 1. The lowest BCUT2D eigenvalue weighted by molar-refractivity contribution is -0.702. The van der Waals surface area contributed by atoms with Gasteiger partial charge in [0, 0.05) is 6.42 Å². The predicted molar refractivity (Wildman–Crippen MR) is 50.0 cm³/mol. The maximum absolute atomic E-state index is 10.7. The molecule has 1 rings (SSSR count). The van der Waals surface area contributed by atoms with Crippen LogP contribution in [-0.2, 0) is 6.54 Å². The van der Waals surface area contributed by atoms with Gasteiger partial charge in [-0.1, -0.05) is 19.8 Å². The van der Waals surface area contributed by atoms with Gasteiger partial charge in [0.05, 0.1) is 0 Å². The molecular formula is C10H16NO3+. The van der Waals surface area contributed by atoms with Crippen LogP contribution in [0.15, 0.2) is 16.9 Å². The van der Waals surface area contributed by atoms with Crippen molar-refractivity contribution in [2.24, 2.45) is 0 Å². The molecule has 0 aliphatic carbocycles. The number of hydrogen-bond donors (Lipinski definition) is 1. The largest absolute Gasteiger partial charge is 0.471 e. The maximum Gasteiger partial charge on any atom is 0.461 e. The van der Waals surface area contributed by atoms with E-state index < -0.39 is 5.97 Å². The predicted octanol–water partition coefficient (Wildman–Crippen LogP) is 1.85. The second kappa shape index (κ2) is 5.42. The smallest absolute Gasteiger partial charge is 0.461 e. The van der Waals surface area contributed by atoms with Crippen LogP contribution in [0.2, 0.25) is 0 Å². The number of carboxylic acid groups (broad SMARTS) is 1. The number of carbonyl (C=O) groups is 1. The van der Waals surface area contributed by atoms with Crippen molar-refractivity contribution >= 4 is 5.97 Å². The highest BCUT2D eigenvalue weighted by molar-refractivity contribution is 5.80. The van der Waals surface area contributed by atoms with Crippen molar-refractivity contribution in [2.75, 3.05) is 0 Å². The zero-order valence-electron chi connectivity index (χ0n) is 8.40. The normalized spacial score (nSPS) is 10.4. The molecule has 0 bridgehead atoms. The molecule has 0 atom stereocenters. The third-order valence-electron chi connectivity index (χ3n) is 2.12. The van der Waals surface area contributed by atoms with Gasteiger partial charge in [0.1, 0.15) is 0 Å². The van der Waals surface area contributed by atoms with Crippen molar-refractivity contribution in [1.29, 1.82) is 0 Å². The summed E-state index contributed by atoms with van der Waals surface area (Å²) in [6, 6.07) is 0. The van der Waals surface area contributed by atoms with Gasteiger partial charge in [0.15, 0.2) is 12.8 Å². The van der Waals surface area contributed by atoms with Gasteiger partial charge in [0.2, 0.25) is 6.20 Å². The molecule has 4 nitrogen and oxygen atoms in total. The molecule has 14 heavy (non-hydrogen) atoms. The summed E-state index contributed by atoms with van der Waals surface area (Å²) in [6.45, 7) is 2.87. The number of rotatable bonds is 6. The Balaban J connectivity index is 2.42. The fourth-order valence-corrected chi connectivity index (χ4v) is 1.36. The Kier molecular flexibility index (Phi) is 4.16. The van der Waals surface area contributed by atoms with Gasteiger partial charge in [0.25, 0.3) is 0 Å². The minimum Gasteiger partial charge on any atom is -0.471 e. The third kappa shape index (κ3) is 2.87. The van der Waals surface area contributed by atoms with Crippen LogP contribution in [0.5, 0.6) is 0 Å². The van der Waals surface area contributed by atoms with Gasteiger partial charge in [-0.05, 0) is 6.42 Å². The number of unbranched alkanes of at least 4 members (excludes halogenated alkanes) is 3. The van der Waals surface area contributed by atoms with Crippen molar-refractivity contribution < 1.29 is 18.9 Å². The van der Waals surface area contributed by atoms with Gasteiger partial charge in [-0.25, -0.2) is 4.79 Å². The lowest BCUT2D eigenvalue weighted by Gasteiger charge is -1.94. The molecule has 0 spiro atoms. The molecule has 1 aromatic rings. The van der Waals surface area contributed by atoms with E-state index in [1.54, 1.807) is 10.8 Å². The molecule has 4 heteroatoms. The van der Waals surface area contributed by atoms with Gasteiger partial charge in [-0.2, -0.15) is 4.57 Å².